The van der Waals surface area contributed by atoms with Gasteiger partial charge in [0.15, 0.2) is 0 Å². The van der Waals surface area contributed by atoms with Crippen LogP contribution in [-0.4, -0.2) is 20.7 Å². The summed E-state index contributed by atoms with van der Waals surface area (Å²) in [5.41, 5.74) is 14.5. The predicted molar refractivity (Wildman–Crippen MR) is 336 cm³/mol. The Morgan fingerprint density at radius 3 is 1.11 bits per heavy atom. The highest BCUT2D eigenvalue weighted by Gasteiger charge is 2.28. The molecule has 2 heterocycles. The molecule has 6 heteroatoms. The molecule has 0 saturated heterocycles. The Balaban J connectivity index is 1.22. The van der Waals surface area contributed by atoms with Crippen LogP contribution in [-0.2, 0) is 10.8 Å². The minimum atomic E-state index is -1.58. The molecule has 0 unspecified atom stereocenters. The van der Waals surface area contributed by atoms with Gasteiger partial charge in [0.1, 0.15) is 11.2 Å². The molecule has 0 amide bonds. The Morgan fingerprint density at radius 1 is 0.355 bits per heavy atom. The van der Waals surface area contributed by atoms with Gasteiger partial charge in [-0.25, -0.2) is 0 Å². The summed E-state index contributed by atoms with van der Waals surface area (Å²) in [6.07, 6.45) is 0. The highest BCUT2D eigenvalue weighted by Crippen LogP contribution is 2.50. The minimum absolute atomic E-state index is 0.0147. The number of hydrogen-bond acceptors (Lipinski definition) is 3. The van der Waals surface area contributed by atoms with Gasteiger partial charge < -0.3 is 18.8 Å². The summed E-state index contributed by atoms with van der Waals surface area (Å²) in [4.78, 5) is 4.99. The number of furan rings is 1. The van der Waals surface area contributed by atoms with Crippen molar-refractivity contribution in [1.29, 1.82) is 0 Å². The third-order valence-electron chi connectivity index (χ3n) is 15.8. The van der Waals surface area contributed by atoms with E-state index in [0.717, 1.165) is 72.8 Å². The van der Waals surface area contributed by atoms with E-state index in [0.29, 0.717) is 0 Å². The summed E-state index contributed by atoms with van der Waals surface area (Å²) in [6.45, 7) is 28.3. The molecule has 0 atom stereocenters. The van der Waals surface area contributed by atoms with Gasteiger partial charge in [-0.2, -0.15) is 0 Å². The monoisotopic (exact) mass is 1020 g/mol. The van der Waals surface area contributed by atoms with Gasteiger partial charge in [0.25, 0.3) is 0 Å². The van der Waals surface area contributed by atoms with Crippen LogP contribution in [0.15, 0.2) is 205 Å². The van der Waals surface area contributed by atoms with Crippen LogP contribution in [0.1, 0.15) is 52.7 Å². The molecular weight excluding hydrogens is 955 g/mol. The maximum absolute atomic E-state index is 6.51. The highest BCUT2D eigenvalue weighted by molar-refractivity contribution is 6.89. The van der Waals surface area contributed by atoms with Crippen molar-refractivity contribution < 1.29 is 4.42 Å². The van der Waals surface area contributed by atoms with Gasteiger partial charge >= 0.3 is 0 Å². The second-order valence-corrected chi connectivity index (χ2v) is 35.3. The molecule has 0 aliphatic heterocycles. The van der Waals surface area contributed by atoms with Crippen molar-refractivity contribution in [3.63, 3.8) is 0 Å². The molecule has 0 radical (unpaired) electrons. The van der Waals surface area contributed by atoms with Gasteiger partial charge in [-0.1, -0.05) is 206 Å². The molecule has 76 heavy (non-hydrogen) atoms. The largest absolute Gasteiger partial charge is 0.456 e. The standard InChI is InChI=1S/C70H69N3OSi2/c1-69(2,3)46-25-29-48(30-26-46)71(50-33-38-53(39-34-50)75(7,8)9)61-44-63-67(58-22-15-13-19-55(58)61)68-59-23-16-14-20-56(59)62(45-64(68)73(63)52-37-42-66-60(43-52)57-21-17-18-24-65(57)74-66)72(49-31-27-47(28-32-49)70(4,5)6)51-35-40-54(41-36-51)76(10,11)12/h13-45H,1-12H3. The maximum Gasteiger partial charge on any atom is 0.135 e. The minimum Gasteiger partial charge on any atom is -0.456 e. The van der Waals surface area contributed by atoms with Gasteiger partial charge in [-0.05, 0) is 118 Å². The van der Waals surface area contributed by atoms with Crippen LogP contribution in [0, 0.1) is 0 Å². The quantitative estimate of drug-likeness (QED) is 0.135. The topological polar surface area (TPSA) is 24.6 Å². The van der Waals surface area contributed by atoms with Crippen molar-refractivity contribution in [2.24, 2.45) is 0 Å². The highest BCUT2D eigenvalue weighted by atomic mass is 28.3. The number of rotatable bonds is 9. The van der Waals surface area contributed by atoms with Gasteiger partial charge in [0.05, 0.1) is 38.6 Å². The molecule has 12 rings (SSSR count). The first-order valence-electron chi connectivity index (χ1n) is 27.1. The van der Waals surface area contributed by atoms with E-state index in [9.17, 15) is 0 Å². The molecular formula is C70H69N3OSi2. The lowest BCUT2D eigenvalue weighted by Gasteiger charge is -2.29. The number of fused-ring (bicyclic) bond motifs is 10. The molecule has 0 spiro atoms. The molecule has 2 aromatic heterocycles. The molecule has 0 fully saturated rings. The number of benzene rings is 10. The summed E-state index contributed by atoms with van der Waals surface area (Å²) in [5.74, 6) is 0. The molecule has 10 aromatic carbocycles. The van der Waals surface area contributed by atoms with E-state index < -0.39 is 16.1 Å². The lowest BCUT2D eigenvalue weighted by molar-refractivity contribution is 0.590. The van der Waals surface area contributed by atoms with Crippen molar-refractivity contribution in [2.45, 2.75) is 91.7 Å². The zero-order valence-corrected chi connectivity index (χ0v) is 48.3. The zero-order valence-electron chi connectivity index (χ0n) is 46.3. The van der Waals surface area contributed by atoms with Gasteiger partial charge in [0, 0.05) is 60.8 Å². The number of anilines is 6. The Hall–Kier alpha value is -7.65. The van der Waals surface area contributed by atoms with Crippen molar-refractivity contribution in [2.75, 3.05) is 9.80 Å². The number of aromatic nitrogens is 1. The first-order valence-corrected chi connectivity index (χ1v) is 34.1. The first-order chi connectivity index (χ1) is 36.2. The van der Waals surface area contributed by atoms with Crippen molar-refractivity contribution in [1.82, 2.24) is 4.57 Å². The summed E-state index contributed by atoms with van der Waals surface area (Å²) >= 11 is 0. The van der Waals surface area contributed by atoms with Crippen LogP contribution in [0.3, 0.4) is 0 Å². The van der Waals surface area contributed by atoms with Crippen molar-refractivity contribution in [3.05, 3.63) is 211 Å². The Kier molecular flexibility index (Phi) is 11.7. The Bertz CT molecular complexity index is 3850. The maximum atomic E-state index is 6.51. The summed E-state index contributed by atoms with van der Waals surface area (Å²) in [7, 11) is -3.17. The average molecular weight is 1020 g/mol. The van der Waals surface area contributed by atoms with Crippen LogP contribution in [0.4, 0.5) is 34.1 Å². The fraction of sp³-hybridized carbons (Fsp3) is 0.200. The second-order valence-electron chi connectivity index (χ2n) is 25.1. The number of hydrogen-bond donors (Lipinski definition) is 0. The predicted octanol–water partition coefficient (Wildman–Crippen LogP) is 19.6. The van der Waals surface area contributed by atoms with Gasteiger partial charge in [0.2, 0.25) is 0 Å². The average Bonchev–Trinajstić information content (AvgIpc) is 3.95. The number of nitrogens with zero attached hydrogens (tertiary/aromatic N) is 3. The summed E-state index contributed by atoms with van der Waals surface area (Å²) < 4.78 is 9.06. The molecule has 0 saturated carbocycles. The SMILES string of the molecule is CC(C)(C)c1ccc(N(c2ccc([Si](C)(C)C)cc2)c2cc3c(c4ccccc24)c2c4ccccc4c(N(c4ccc(C(C)(C)C)cc4)c4ccc([Si](C)(C)C)cc4)cc2n3-c2ccc3oc4ccccc4c3c2)cc1. The molecule has 4 nitrogen and oxygen atoms in total. The Labute approximate surface area is 450 Å². The molecule has 0 N–H and O–H groups in total. The zero-order chi connectivity index (χ0) is 53.1. The molecule has 0 aliphatic rings. The van der Waals surface area contributed by atoms with E-state index in [1.54, 1.807) is 0 Å². The molecule has 12 aromatic rings. The first kappa shape index (κ1) is 49.2. The third-order valence-corrected chi connectivity index (χ3v) is 19.9. The molecule has 0 aliphatic carbocycles. The second kappa shape index (κ2) is 18.0. The van der Waals surface area contributed by atoms with Crippen molar-refractivity contribution in [3.8, 4) is 5.69 Å². The van der Waals surface area contributed by atoms with E-state index in [4.69, 9.17) is 4.42 Å². The van der Waals surface area contributed by atoms with E-state index in [1.165, 1.54) is 53.8 Å². The van der Waals surface area contributed by atoms with E-state index in [1.807, 2.05) is 0 Å². The molecule has 378 valence electrons. The van der Waals surface area contributed by atoms with E-state index in [-0.39, 0.29) is 10.8 Å². The summed E-state index contributed by atoms with van der Waals surface area (Å²) in [5, 5.41) is 12.3. The van der Waals surface area contributed by atoms with Crippen molar-refractivity contribution >= 4 is 126 Å². The smallest absolute Gasteiger partial charge is 0.135 e. The third kappa shape index (κ3) is 8.52. The van der Waals surface area contributed by atoms with Gasteiger partial charge in [-0.3, -0.25) is 0 Å². The lowest BCUT2D eigenvalue weighted by Crippen LogP contribution is -2.37. The van der Waals surface area contributed by atoms with E-state index >= 15 is 0 Å². The Morgan fingerprint density at radius 2 is 0.711 bits per heavy atom. The van der Waals surface area contributed by atoms with Crippen LogP contribution < -0.4 is 20.2 Å². The fourth-order valence-corrected chi connectivity index (χ4v) is 13.8. The van der Waals surface area contributed by atoms with Crippen LogP contribution in [0.2, 0.25) is 39.3 Å². The normalized spacial score (nSPS) is 12.7. The van der Waals surface area contributed by atoms with Crippen LogP contribution >= 0.6 is 0 Å². The van der Waals surface area contributed by atoms with Crippen LogP contribution in [0.25, 0.3) is 71.0 Å². The molecule has 0 bridgehead atoms. The van der Waals surface area contributed by atoms with Gasteiger partial charge in [-0.15, -0.1) is 0 Å². The number of para-hydroxylation sites is 1. The van der Waals surface area contributed by atoms with E-state index in [2.05, 4.69) is 295 Å². The lowest BCUT2D eigenvalue weighted by atomic mass is 9.87. The fourth-order valence-electron chi connectivity index (χ4n) is 11.5. The summed E-state index contributed by atoms with van der Waals surface area (Å²) in [6, 6.07) is 75.7. The van der Waals surface area contributed by atoms with Crippen LogP contribution in [0.5, 0.6) is 0 Å².